The first-order chi connectivity index (χ1) is 7.90. The van der Waals surface area contributed by atoms with Gasteiger partial charge in [-0.1, -0.05) is 17.7 Å². The molecule has 1 aliphatic carbocycles. The molecule has 1 atom stereocenters. The van der Waals surface area contributed by atoms with Crippen molar-refractivity contribution in [2.45, 2.75) is 32.5 Å². The minimum Gasteiger partial charge on any atom is -0.370 e. The Morgan fingerprint density at radius 2 is 2.35 bits per heavy atom. The molecule has 6 heteroatoms. The molecule has 0 N–H and O–H groups in total. The largest absolute Gasteiger partial charge is 0.370 e. The fraction of sp³-hybridized carbons (Fsp3) is 0.545. The van der Waals surface area contributed by atoms with E-state index in [-0.39, 0.29) is 17.8 Å². The molecule has 0 aromatic rings. The Labute approximate surface area is 104 Å². The molecule has 5 nitrogen and oxygen atoms in total. The molecule has 1 aliphatic rings. The summed E-state index contributed by atoms with van der Waals surface area (Å²) in [6, 6.07) is 0. The van der Waals surface area contributed by atoms with E-state index in [1.165, 1.54) is 6.08 Å². The molecule has 0 radical (unpaired) electrons. The smallest absolute Gasteiger partial charge is 0.265 e. The van der Waals surface area contributed by atoms with Crippen molar-refractivity contribution in [2.75, 3.05) is 6.54 Å². The van der Waals surface area contributed by atoms with E-state index in [9.17, 15) is 14.9 Å². The number of ether oxygens (including phenoxy) is 1. The van der Waals surface area contributed by atoms with Gasteiger partial charge < -0.3 is 4.74 Å². The van der Waals surface area contributed by atoms with Gasteiger partial charge in [-0.3, -0.25) is 14.9 Å². The van der Waals surface area contributed by atoms with Crippen molar-refractivity contribution >= 4 is 17.4 Å². The predicted octanol–water partition coefficient (Wildman–Crippen LogP) is 2.08. The topological polar surface area (TPSA) is 69.4 Å². The average molecular weight is 260 g/mol. The van der Waals surface area contributed by atoms with Crippen molar-refractivity contribution in [1.82, 2.24) is 0 Å². The lowest BCUT2D eigenvalue weighted by Gasteiger charge is -2.21. The van der Waals surface area contributed by atoms with Gasteiger partial charge in [0.15, 0.2) is 0 Å². The van der Waals surface area contributed by atoms with Crippen molar-refractivity contribution in [1.29, 1.82) is 0 Å². The quantitative estimate of drug-likeness (QED) is 0.560. The zero-order valence-electron chi connectivity index (χ0n) is 9.68. The summed E-state index contributed by atoms with van der Waals surface area (Å²) in [6.45, 7) is 3.07. The summed E-state index contributed by atoms with van der Waals surface area (Å²) in [6.07, 6.45) is 3.32. The second-order valence-electron chi connectivity index (χ2n) is 4.01. The number of nitro groups is 1. The van der Waals surface area contributed by atoms with Gasteiger partial charge in [0.05, 0.1) is 12.2 Å². The first-order valence-corrected chi connectivity index (χ1v) is 5.65. The van der Waals surface area contributed by atoms with Gasteiger partial charge >= 0.3 is 0 Å². The molecule has 1 unspecified atom stereocenters. The molecule has 0 aromatic heterocycles. The van der Waals surface area contributed by atoms with Gasteiger partial charge in [0, 0.05) is 15.5 Å². The first kappa shape index (κ1) is 13.9. The highest BCUT2D eigenvalue weighted by Crippen LogP contribution is 2.25. The van der Waals surface area contributed by atoms with E-state index in [1.807, 2.05) is 13.8 Å². The zero-order valence-corrected chi connectivity index (χ0v) is 10.4. The van der Waals surface area contributed by atoms with E-state index < -0.39 is 17.3 Å². The van der Waals surface area contributed by atoms with Crippen LogP contribution in [0.25, 0.3) is 0 Å². The number of Topliss-reactive ketones (excluding diaryl/α,β-unsaturated/α-hetero) is 1. The third kappa shape index (κ3) is 4.28. The Morgan fingerprint density at radius 3 is 2.82 bits per heavy atom. The van der Waals surface area contributed by atoms with Crippen LogP contribution in [0.1, 0.15) is 20.3 Å². The number of ketones is 1. The summed E-state index contributed by atoms with van der Waals surface area (Å²) in [4.78, 5) is 21.0. The van der Waals surface area contributed by atoms with Gasteiger partial charge in [-0.05, 0) is 26.3 Å². The molecule has 0 heterocycles. The van der Waals surface area contributed by atoms with Crippen LogP contribution in [0.3, 0.4) is 0 Å². The number of rotatable bonds is 5. The number of carbonyl (C=O) groups excluding carboxylic acids is 1. The van der Waals surface area contributed by atoms with E-state index in [4.69, 9.17) is 16.3 Å². The monoisotopic (exact) mass is 259 g/mol. The van der Waals surface area contributed by atoms with Crippen molar-refractivity contribution in [2.24, 2.45) is 0 Å². The van der Waals surface area contributed by atoms with Crippen LogP contribution in [0.15, 0.2) is 22.8 Å². The zero-order chi connectivity index (χ0) is 13.0. The van der Waals surface area contributed by atoms with Gasteiger partial charge in [-0.25, -0.2) is 0 Å². The van der Waals surface area contributed by atoms with Crippen molar-refractivity contribution < 1.29 is 14.5 Å². The van der Waals surface area contributed by atoms with Gasteiger partial charge in [-0.15, -0.1) is 0 Å². The standard InChI is InChI=1S/C11H14ClNO4/c1-7(2)17-11-4-3-8(5-9(11)12)10(14)6-13(15)16/h3,5,7,11H,4,6H2,1-2H3. The number of hydrogen-bond acceptors (Lipinski definition) is 4. The second kappa shape index (κ2) is 5.93. The lowest BCUT2D eigenvalue weighted by Crippen LogP contribution is -2.22. The van der Waals surface area contributed by atoms with Gasteiger partial charge in [0.25, 0.3) is 6.54 Å². The third-order valence-corrected chi connectivity index (χ3v) is 2.54. The Kier molecular flexibility index (Phi) is 4.84. The molecule has 0 fully saturated rings. The highest BCUT2D eigenvalue weighted by Gasteiger charge is 2.22. The van der Waals surface area contributed by atoms with Gasteiger partial charge in [0.2, 0.25) is 5.78 Å². The number of nitrogens with zero attached hydrogens (tertiary/aromatic N) is 1. The molecule has 1 rings (SSSR count). The van der Waals surface area contributed by atoms with Crippen LogP contribution in [0.5, 0.6) is 0 Å². The minimum absolute atomic E-state index is 0.0339. The Morgan fingerprint density at radius 1 is 1.71 bits per heavy atom. The maximum Gasteiger partial charge on any atom is 0.265 e. The third-order valence-electron chi connectivity index (χ3n) is 2.18. The Bertz CT molecular complexity index is 387. The fourth-order valence-electron chi connectivity index (χ4n) is 1.50. The second-order valence-corrected chi connectivity index (χ2v) is 4.45. The van der Waals surface area contributed by atoms with Crippen molar-refractivity contribution in [3.05, 3.63) is 32.9 Å². The fourth-order valence-corrected chi connectivity index (χ4v) is 1.76. The van der Waals surface area contributed by atoms with Crippen LogP contribution in [0.4, 0.5) is 0 Å². The Balaban J connectivity index is 2.67. The SMILES string of the molecule is CC(C)OC1CC=C(C(=O)C[N+](=O)[O-])C=C1Cl. The molecular weight excluding hydrogens is 246 g/mol. The molecule has 0 amide bonds. The maximum absolute atomic E-state index is 11.4. The number of carbonyl (C=O) groups is 1. The van der Waals surface area contributed by atoms with Crippen LogP contribution in [0, 0.1) is 10.1 Å². The maximum atomic E-state index is 11.4. The van der Waals surface area contributed by atoms with Crippen LogP contribution < -0.4 is 0 Å². The molecule has 94 valence electrons. The van der Waals surface area contributed by atoms with Crippen LogP contribution >= 0.6 is 11.6 Å². The molecule has 0 spiro atoms. The average Bonchev–Trinajstić information content (AvgIpc) is 2.19. The van der Waals surface area contributed by atoms with Gasteiger partial charge in [0.1, 0.15) is 0 Å². The molecular formula is C11H14ClNO4. The molecule has 0 saturated heterocycles. The first-order valence-electron chi connectivity index (χ1n) is 5.28. The molecule has 0 aliphatic heterocycles. The summed E-state index contributed by atoms with van der Waals surface area (Å²) < 4.78 is 5.52. The van der Waals surface area contributed by atoms with Crippen molar-refractivity contribution in [3.63, 3.8) is 0 Å². The number of hydrogen-bond donors (Lipinski definition) is 0. The molecule has 0 saturated carbocycles. The van der Waals surface area contributed by atoms with E-state index in [0.717, 1.165) is 0 Å². The van der Waals surface area contributed by atoms with Crippen molar-refractivity contribution in [3.8, 4) is 0 Å². The summed E-state index contributed by atoms with van der Waals surface area (Å²) in [5, 5.41) is 10.6. The van der Waals surface area contributed by atoms with Crippen LogP contribution in [0.2, 0.25) is 0 Å². The number of halogens is 1. The normalized spacial score (nSPS) is 19.9. The lowest BCUT2D eigenvalue weighted by atomic mass is 10.0. The van der Waals surface area contributed by atoms with E-state index in [0.29, 0.717) is 11.5 Å². The molecule has 17 heavy (non-hydrogen) atoms. The molecule has 0 aromatic carbocycles. The Hall–Kier alpha value is -1.20. The summed E-state index contributed by atoms with van der Waals surface area (Å²) in [7, 11) is 0. The number of allylic oxidation sites excluding steroid dienone is 1. The van der Waals surface area contributed by atoms with Crippen LogP contribution in [-0.4, -0.2) is 29.5 Å². The van der Waals surface area contributed by atoms with E-state index in [1.54, 1.807) is 6.08 Å². The minimum atomic E-state index is -0.706. The summed E-state index contributed by atoms with van der Waals surface area (Å²) >= 11 is 5.98. The van der Waals surface area contributed by atoms with E-state index >= 15 is 0 Å². The van der Waals surface area contributed by atoms with Gasteiger partial charge in [-0.2, -0.15) is 0 Å². The summed E-state index contributed by atoms with van der Waals surface area (Å²) in [5.74, 6) is -0.531. The highest BCUT2D eigenvalue weighted by atomic mass is 35.5. The van der Waals surface area contributed by atoms with E-state index in [2.05, 4.69) is 0 Å². The lowest BCUT2D eigenvalue weighted by molar-refractivity contribution is -0.466. The molecule has 0 bridgehead atoms. The highest BCUT2D eigenvalue weighted by molar-refractivity contribution is 6.31. The predicted molar refractivity (Wildman–Crippen MR) is 63.5 cm³/mol. The summed E-state index contributed by atoms with van der Waals surface area (Å²) in [5.41, 5.74) is 0.287. The van der Waals surface area contributed by atoms with Crippen LogP contribution in [-0.2, 0) is 9.53 Å².